The van der Waals surface area contributed by atoms with Gasteiger partial charge in [-0.2, -0.15) is 0 Å². The van der Waals surface area contributed by atoms with Crippen molar-refractivity contribution < 1.29 is 18.7 Å². The lowest BCUT2D eigenvalue weighted by Crippen LogP contribution is -2.49. The van der Waals surface area contributed by atoms with E-state index in [0.29, 0.717) is 23.6 Å². The van der Waals surface area contributed by atoms with E-state index in [1.165, 1.54) is 11.6 Å². The van der Waals surface area contributed by atoms with Crippen LogP contribution in [0.15, 0.2) is 36.4 Å². The molecule has 1 saturated carbocycles. The maximum Gasteiger partial charge on any atom is 0.223 e. The van der Waals surface area contributed by atoms with Gasteiger partial charge in [0.15, 0.2) is 11.5 Å². The van der Waals surface area contributed by atoms with Crippen molar-refractivity contribution in [1.82, 2.24) is 10.2 Å². The molecule has 0 unspecified atom stereocenters. The van der Waals surface area contributed by atoms with Crippen LogP contribution >= 0.6 is 0 Å². The van der Waals surface area contributed by atoms with Crippen LogP contribution in [-0.4, -0.2) is 37.6 Å². The number of amides is 1. The predicted octanol–water partition coefficient (Wildman–Crippen LogP) is 4.25. The highest BCUT2D eigenvalue weighted by atomic mass is 19.1. The van der Waals surface area contributed by atoms with Crippen molar-refractivity contribution in [2.24, 2.45) is 5.92 Å². The van der Waals surface area contributed by atoms with E-state index in [2.05, 4.69) is 17.1 Å². The number of rotatable bonds is 8. The first-order valence-corrected chi connectivity index (χ1v) is 11.1. The molecule has 1 aliphatic heterocycles. The fraction of sp³-hybridized carbons (Fsp3) is 0.480. The van der Waals surface area contributed by atoms with Crippen molar-refractivity contribution in [1.29, 1.82) is 0 Å². The van der Waals surface area contributed by atoms with Gasteiger partial charge in [0.2, 0.25) is 5.91 Å². The van der Waals surface area contributed by atoms with Gasteiger partial charge < -0.3 is 14.8 Å². The molecule has 1 fully saturated rings. The van der Waals surface area contributed by atoms with Crippen LogP contribution in [0.5, 0.6) is 11.5 Å². The number of hydrogen-bond acceptors (Lipinski definition) is 4. The minimum atomic E-state index is -0.200. The molecule has 1 heterocycles. The van der Waals surface area contributed by atoms with Crippen LogP contribution in [0.4, 0.5) is 4.39 Å². The second-order valence-electron chi connectivity index (χ2n) is 8.46. The first-order chi connectivity index (χ1) is 15.0. The van der Waals surface area contributed by atoms with Gasteiger partial charge in [-0.05, 0) is 55.0 Å². The van der Waals surface area contributed by atoms with Gasteiger partial charge in [0, 0.05) is 30.6 Å². The molecule has 6 heteroatoms. The van der Waals surface area contributed by atoms with E-state index in [9.17, 15) is 9.18 Å². The molecule has 2 aromatic carbocycles. The third-order valence-corrected chi connectivity index (χ3v) is 6.45. The smallest absolute Gasteiger partial charge is 0.223 e. The Kier molecular flexibility index (Phi) is 6.46. The molecular formula is C25H31FN2O3. The monoisotopic (exact) mass is 426 g/mol. The number of halogens is 1. The fourth-order valence-electron chi connectivity index (χ4n) is 4.57. The molecule has 0 radical (unpaired) electrons. The minimum absolute atomic E-state index is 0.0722. The molecule has 0 saturated heterocycles. The molecule has 1 N–H and O–H groups in total. The number of nitrogens with one attached hydrogen (secondary N) is 1. The van der Waals surface area contributed by atoms with E-state index in [1.807, 2.05) is 24.3 Å². The van der Waals surface area contributed by atoms with Crippen LogP contribution in [0.25, 0.3) is 0 Å². The van der Waals surface area contributed by atoms with E-state index in [4.69, 9.17) is 9.47 Å². The number of methoxy groups -OCH3 is 2. The van der Waals surface area contributed by atoms with Crippen molar-refractivity contribution in [2.45, 2.75) is 51.2 Å². The zero-order valence-electron chi connectivity index (χ0n) is 18.5. The minimum Gasteiger partial charge on any atom is -0.493 e. The van der Waals surface area contributed by atoms with Gasteiger partial charge in [0.25, 0.3) is 0 Å². The Morgan fingerprint density at radius 1 is 1.19 bits per heavy atom. The fourth-order valence-corrected chi connectivity index (χ4v) is 4.57. The molecule has 2 atom stereocenters. The molecule has 5 nitrogen and oxygen atoms in total. The van der Waals surface area contributed by atoms with Gasteiger partial charge in [0.1, 0.15) is 5.82 Å². The summed E-state index contributed by atoms with van der Waals surface area (Å²) in [5.74, 6) is 1.45. The number of carbonyl (C=O) groups is 1. The summed E-state index contributed by atoms with van der Waals surface area (Å²) in [6, 6.07) is 10.8. The summed E-state index contributed by atoms with van der Waals surface area (Å²) in [4.78, 5) is 14.9. The van der Waals surface area contributed by atoms with Crippen LogP contribution < -0.4 is 14.8 Å². The Morgan fingerprint density at radius 2 is 1.90 bits per heavy atom. The van der Waals surface area contributed by atoms with Crippen molar-refractivity contribution in [2.75, 3.05) is 20.8 Å². The van der Waals surface area contributed by atoms with E-state index in [1.54, 1.807) is 20.3 Å². The van der Waals surface area contributed by atoms with E-state index in [0.717, 1.165) is 37.8 Å². The highest BCUT2D eigenvalue weighted by Gasteiger charge is 2.38. The number of benzene rings is 2. The topological polar surface area (TPSA) is 50.8 Å². The van der Waals surface area contributed by atoms with Crippen LogP contribution in [-0.2, 0) is 17.8 Å². The zero-order valence-corrected chi connectivity index (χ0v) is 18.5. The number of hydrogen-bond donors (Lipinski definition) is 1. The Balaban J connectivity index is 1.72. The lowest BCUT2D eigenvalue weighted by Gasteiger charge is -2.42. The molecule has 166 valence electrons. The van der Waals surface area contributed by atoms with Crippen LogP contribution in [0.3, 0.4) is 0 Å². The summed E-state index contributed by atoms with van der Waals surface area (Å²) in [5, 5.41) is 3.29. The molecule has 1 amide bonds. The number of nitrogens with zero attached hydrogens (tertiary/aromatic N) is 1. The Morgan fingerprint density at radius 3 is 2.55 bits per heavy atom. The largest absolute Gasteiger partial charge is 0.493 e. The van der Waals surface area contributed by atoms with Crippen LogP contribution in [0, 0.1) is 11.7 Å². The van der Waals surface area contributed by atoms with Crippen LogP contribution in [0.2, 0.25) is 0 Å². The van der Waals surface area contributed by atoms with E-state index in [-0.39, 0.29) is 29.7 Å². The third-order valence-electron chi connectivity index (χ3n) is 6.45. The van der Waals surface area contributed by atoms with Crippen molar-refractivity contribution >= 4 is 5.91 Å². The van der Waals surface area contributed by atoms with Gasteiger partial charge in [0.05, 0.1) is 20.3 Å². The zero-order chi connectivity index (χ0) is 22.0. The molecule has 2 aromatic rings. The van der Waals surface area contributed by atoms with Gasteiger partial charge in [-0.15, -0.1) is 0 Å². The Labute approximate surface area is 183 Å². The maximum absolute atomic E-state index is 14.5. The van der Waals surface area contributed by atoms with Crippen molar-refractivity contribution in [3.63, 3.8) is 0 Å². The summed E-state index contributed by atoms with van der Waals surface area (Å²) in [5.41, 5.74) is 2.97. The maximum atomic E-state index is 14.5. The van der Waals surface area contributed by atoms with E-state index >= 15 is 0 Å². The number of ether oxygens (including phenoxy) is 2. The summed E-state index contributed by atoms with van der Waals surface area (Å²) in [6.07, 6.45) is 3.54. The van der Waals surface area contributed by atoms with E-state index < -0.39 is 0 Å². The lowest BCUT2D eigenvalue weighted by molar-refractivity contribution is -0.123. The molecule has 0 spiro atoms. The summed E-state index contributed by atoms with van der Waals surface area (Å²) < 4.78 is 25.5. The summed E-state index contributed by atoms with van der Waals surface area (Å²) >= 11 is 0. The Hall–Kier alpha value is -2.60. The second kappa shape index (κ2) is 9.27. The first kappa shape index (κ1) is 21.6. The van der Waals surface area contributed by atoms with Gasteiger partial charge >= 0.3 is 0 Å². The predicted molar refractivity (Wildman–Crippen MR) is 118 cm³/mol. The second-order valence-corrected chi connectivity index (χ2v) is 8.46. The molecule has 1 aliphatic carbocycles. The standard InChI is InChI=1S/C25H31FN2O3/c1-4-21(27-25(29)16-9-10-16)24-19-14-23(31-3)22(30-2)13-17(19)11-12-28(24)15-18-7-5-6-8-20(18)26/h5-8,13-14,16,21,24H,4,9-12,15H2,1-3H3,(H,27,29)/t21-,24+/m1/s1. The average molecular weight is 427 g/mol. The highest BCUT2D eigenvalue weighted by Crippen LogP contribution is 2.41. The summed E-state index contributed by atoms with van der Waals surface area (Å²) in [6.45, 7) is 3.35. The quantitative estimate of drug-likeness (QED) is 0.686. The SMILES string of the molecule is CC[C@@H](NC(=O)C1CC1)[C@@H]1c2cc(OC)c(OC)cc2CCN1Cc1ccccc1F. The molecule has 31 heavy (non-hydrogen) atoms. The lowest BCUT2D eigenvalue weighted by atomic mass is 9.86. The Bertz CT molecular complexity index is 944. The van der Waals surface area contributed by atoms with Crippen LogP contribution in [0.1, 0.15) is 48.9 Å². The molecule has 0 aromatic heterocycles. The average Bonchev–Trinajstić information content (AvgIpc) is 3.63. The molecular weight excluding hydrogens is 395 g/mol. The van der Waals surface area contributed by atoms with Gasteiger partial charge in [-0.1, -0.05) is 25.1 Å². The molecule has 2 aliphatic rings. The van der Waals surface area contributed by atoms with Gasteiger partial charge in [-0.25, -0.2) is 4.39 Å². The molecule has 0 bridgehead atoms. The highest BCUT2D eigenvalue weighted by molar-refractivity contribution is 5.81. The summed E-state index contributed by atoms with van der Waals surface area (Å²) in [7, 11) is 3.27. The number of carbonyl (C=O) groups excluding carboxylic acids is 1. The van der Waals surface area contributed by atoms with Crippen molar-refractivity contribution in [3.05, 3.63) is 58.9 Å². The third kappa shape index (κ3) is 4.54. The van der Waals surface area contributed by atoms with Gasteiger partial charge in [-0.3, -0.25) is 9.69 Å². The normalized spacial score (nSPS) is 19.4. The van der Waals surface area contributed by atoms with Crippen molar-refractivity contribution in [3.8, 4) is 11.5 Å². The molecule has 4 rings (SSSR count). The number of fused-ring (bicyclic) bond motifs is 1. The first-order valence-electron chi connectivity index (χ1n) is 11.1.